The van der Waals surface area contributed by atoms with Gasteiger partial charge in [-0.2, -0.15) is 0 Å². The summed E-state index contributed by atoms with van der Waals surface area (Å²) >= 11 is 12.5. The highest BCUT2D eigenvalue weighted by molar-refractivity contribution is 6.42. The van der Waals surface area contributed by atoms with Crippen molar-refractivity contribution in [2.75, 3.05) is 33.2 Å². The number of amides is 4. The van der Waals surface area contributed by atoms with Crippen molar-refractivity contribution in [3.05, 3.63) is 69.2 Å². The molecule has 38 heavy (non-hydrogen) atoms. The minimum absolute atomic E-state index is 0.0355. The normalized spacial score (nSPS) is 20.2. The molecule has 2 heterocycles. The van der Waals surface area contributed by atoms with Gasteiger partial charge in [-0.1, -0.05) is 29.3 Å². The van der Waals surface area contributed by atoms with Gasteiger partial charge in [0.05, 0.1) is 10.0 Å². The largest absolute Gasteiger partial charge is 0.366 e. The minimum atomic E-state index is -0.555. The zero-order valence-electron chi connectivity index (χ0n) is 21.5. The van der Waals surface area contributed by atoms with Crippen molar-refractivity contribution in [1.82, 2.24) is 14.7 Å². The molecule has 0 aromatic heterocycles. The van der Waals surface area contributed by atoms with E-state index in [0.29, 0.717) is 66.6 Å². The van der Waals surface area contributed by atoms with Crippen LogP contribution in [0, 0.1) is 5.92 Å². The molecule has 0 saturated carbocycles. The number of nitrogens with two attached hydrogens (primary N) is 1. The highest BCUT2D eigenvalue weighted by Crippen LogP contribution is 2.35. The maximum atomic E-state index is 13.5. The van der Waals surface area contributed by atoms with Crippen LogP contribution in [0.4, 0.5) is 0 Å². The van der Waals surface area contributed by atoms with Crippen LogP contribution in [0.15, 0.2) is 42.5 Å². The van der Waals surface area contributed by atoms with Crippen LogP contribution in [0.5, 0.6) is 0 Å². The van der Waals surface area contributed by atoms with Gasteiger partial charge in [-0.3, -0.25) is 19.2 Å². The number of likely N-dealkylation sites (tertiary alicyclic amines) is 2. The lowest BCUT2D eigenvalue weighted by Gasteiger charge is -2.44. The van der Waals surface area contributed by atoms with Crippen molar-refractivity contribution in [3.8, 4) is 0 Å². The van der Waals surface area contributed by atoms with Crippen molar-refractivity contribution in [2.45, 2.75) is 38.1 Å². The molecule has 0 bridgehead atoms. The molecule has 8 nitrogen and oxygen atoms in total. The number of benzene rings is 2. The second kappa shape index (κ2) is 11.7. The quantitative estimate of drug-likeness (QED) is 0.602. The number of hydrogen-bond donors (Lipinski definition) is 1. The number of rotatable bonds is 5. The van der Waals surface area contributed by atoms with Crippen molar-refractivity contribution in [1.29, 1.82) is 0 Å². The molecule has 2 aromatic rings. The van der Waals surface area contributed by atoms with E-state index < -0.39 is 5.91 Å². The molecule has 0 aliphatic carbocycles. The third kappa shape index (κ3) is 5.97. The highest BCUT2D eigenvalue weighted by atomic mass is 35.5. The lowest BCUT2D eigenvalue weighted by atomic mass is 9.83. The number of halogens is 2. The van der Waals surface area contributed by atoms with Crippen molar-refractivity contribution >= 4 is 46.8 Å². The lowest BCUT2D eigenvalue weighted by Crippen LogP contribution is -2.53. The average Bonchev–Trinajstić information content (AvgIpc) is 2.93. The van der Waals surface area contributed by atoms with Gasteiger partial charge < -0.3 is 20.4 Å². The fourth-order valence-electron chi connectivity index (χ4n) is 5.50. The molecule has 2 fully saturated rings. The Balaban J connectivity index is 1.55. The van der Waals surface area contributed by atoms with Gasteiger partial charge in [-0.05, 0) is 61.2 Å². The van der Waals surface area contributed by atoms with Crippen LogP contribution in [-0.2, 0) is 9.59 Å². The Bertz CT molecular complexity index is 1230. The third-order valence-corrected chi connectivity index (χ3v) is 8.52. The van der Waals surface area contributed by atoms with E-state index in [4.69, 9.17) is 28.9 Å². The van der Waals surface area contributed by atoms with E-state index in [1.807, 2.05) is 11.0 Å². The molecule has 2 saturated heterocycles. The fraction of sp³-hybridized carbons (Fsp3) is 0.429. The molecule has 2 atom stereocenters. The number of hydrogen-bond acceptors (Lipinski definition) is 4. The topological polar surface area (TPSA) is 104 Å². The monoisotopic (exact) mass is 558 g/mol. The highest BCUT2D eigenvalue weighted by Gasteiger charge is 2.39. The number of piperidine rings is 2. The SMILES string of the molecule is CC(=O)N1CCC(C(=O)N2CCC(N(C)C(=O)c3ccc(C(N)=O)cc3)C(c3ccc(Cl)c(Cl)c3)C2)CC1. The number of carbonyl (C=O) groups excluding carboxylic acids is 4. The van der Waals surface area contributed by atoms with E-state index >= 15 is 0 Å². The van der Waals surface area contributed by atoms with Gasteiger partial charge in [0.15, 0.2) is 0 Å². The first-order chi connectivity index (χ1) is 18.1. The molecule has 2 N–H and O–H groups in total. The molecule has 4 rings (SSSR count). The number of nitrogens with zero attached hydrogens (tertiary/aromatic N) is 3. The van der Waals surface area contributed by atoms with Crippen LogP contribution in [0.1, 0.15) is 58.4 Å². The molecular formula is C28H32Cl2N4O4. The Kier molecular flexibility index (Phi) is 8.63. The maximum Gasteiger partial charge on any atom is 0.253 e. The first kappa shape index (κ1) is 27.9. The van der Waals surface area contributed by atoms with Gasteiger partial charge in [0.25, 0.3) is 5.91 Å². The first-order valence-electron chi connectivity index (χ1n) is 12.7. The van der Waals surface area contributed by atoms with Crippen LogP contribution in [0.3, 0.4) is 0 Å². The first-order valence-corrected chi connectivity index (χ1v) is 13.5. The maximum absolute atomic E-state index is 13.5. The Morgan fingerprint density at radius 3 is 2.05 bits per heavy atom. The van der Waals surface area contributed by atoms with E-state index in [0.717, 1.165) is 5.56 Å². The Hall–Kier alpha value is -3.10. The summed E-state index contributed by atoms with van der Waals surface area (Å²) in [5.41, 5.74) is 7.01. The third-order valence-electron chi connectivity index (χ3n) is 7.78. The second-order valence-electron chi connectivity index (χ2n) is 10.1. The molecule has 2 aliphatic rings. The predicted octanol–water partition coefficient (Wildman–Crippen LogP) is 3.81. The second-order valence-corrected chi connectivity index (χ2v) is 10.9. The Labute approximate surface area is 232 Å². The van der Waals surface area contributed by atoms with Crippen LogP contribution < -0.4 is 5.73 Å². The lowest BCUT2D eigenvalue weighted by molar-refractivity contribution is -0.141. The van der Waals surface area contributed by atoms with E-state index in [2.05, 4.69) is 0 Å². The van der Waals surface area contributed by atoms with Crippen molar-refractivity contribution < 1.29 is 19.2 Å². The van der Waals surface area contributed by atoms with E-state index in [9.17, 15) is 19.2 Å². The summed E-state index contributed by atoms with van der Waals surface area (Å²) in [5.74, 6) is -0.923. The molecular weight excluding hydrogens is 527 g/mol. The Morgan fingerprint density at radius 2 is 1.47 bits per heavy atom. The molecule has 2 unspecified atom stereocenters. The van der Waals surface area contributed by atoms with Gasteiger partial charge in [-0.15, -0.1) is 0 Å². The smallest absolute Gasteiger partial charge is 0.253 e. The minimum Gasteiger partial charge on any atom is -0.366 e. The summed E-state index contributed by atoms with van der Waals surface area (Å²) in [4.78, 5) is 55.4. The van der Waals surface area contributed by atoms with E-state index in [1.54, 1.807) is 60.2 Å². The van der Waals surface area contributed by atoms with Gasteiger partial charge >= 0.3 is 0 Å². The van der Waals surface area contributed by atoms with Gasteiger partial charge in [0.1, 0.15) is 0 Å². The van der Waals surface area contributed by atoms with Crippen LogP contribution in [0.25, 0.3) is 0 Å². The number of primary amides is 1. The molecule has 202 valence electrons. The summed E-state index contributed by atoms with van der Waals surface area (Å²) in [5, 5.41) is 0.853. The Morgan fingerprint density at radius 1 is 0.868 bits per heavy atom. The van der Waals surface area contributed by atoms with Gasteiger partial charge in [-0.25, -0.2) is 0 Å². The van der Waals surface area contributed by atoms with E-state index in [1.165, 1.54) is 0 Å². The summed E-state index contributed by atoms with van der Waals surface area (Å²) in [6.07, 6.45) is 1.88. The predicted molar refractivity (Wildman–Crippen MR) is 146 cm³/mol. The summed E-state index contributed by atoms with van der Waals surface area (Å²) in [6, 6.07) is 11.5. The standard InChI is InChI=1S/C28H32Cl2N4O4/c1-17(35)33-12-9-20(10-13-33)28(38)34-14-11-25(22(16-34)21-7-8-23(29)24(30)15-21)32(2)27(37)19-5-3-18(4-6-19)26(31)36/h3-8,15,20,22,25H,9-14,16H2,1-2H3,(H2,31,36). The van der Waals surface area contributed by atoms with Crippen LogP contribution in [0.2, 0.25) is 10.0 Å². The van der Waals surface area contributed by atoms with Crippen molar-refractivity contribution in [2.24, 2.45) is 11.7 Å². The van der Waals surface area contributed by atoms with Crippen molar-refractivity contribution in [3.63, 3.8) is 0 Å². The zero-order chi connectivity index (χ0) is 27.6. The average molecular weight is 559 g/mol. The molecule has 10 heteroatoms. The zero-order valence-corrected chi connectivity index (χ0v) is 23.0. The molecule has 2 aromatic carbocycles. The molecule has 2 aliphatic heterocycles. The molecule has 0 spiro atoms. The molecule has 4 amide bonds. The summed E-state index contributed by atoms with van der Waals surface area (Å²) < 4.78 is 0. The summed E-state index contributed by atoms with van der Waals surface area (Å²) in [7, 11) is 1.76. The summed E-state index contributed by atoms with van der Waals surface area (Å²) in [6.45, 7) is 3.69. The number of carbonyl (C=O) groups is 4. The van der Waals surface area contributed by atoms with Crippen LogP contribution in [-0.4, -0.2) is 77.6 Å². The van der Waals surface area contributed by atoms with Crippen LogP contribution >= 0.6 is 23.2 Å². The molecule has 0 radical (unpaired) electrons. The fourth-order valence-corrected chi connectivity index (χ4v) is 5.81. The van der Waals surface area contributed by atoms with Gasteiger partial charge in [0.2, 0.25) is 17.7 Å². The van der Waals surface area contributed by atoms with E-state index in [-0.39, 0.29) is 35.6 Å². The number of likely N-dealkylation sites (N-methyl/N-ethyl adjacent to an activating group) is 1. The van der Waals surface area contributed by atoms with Gasteiger partial charge in [0, 0.05) is 69.2 Å².